The van der Waals surface area contributed by atoms with Crippen molar-refractivity contribution < 1.29 is 0 Å². The van der Waals surface area contributed by atoms with E-state index < -0.39 is 0 Å². The molecule has 0 spiro atoms. The number of hydrogen-bond donors (Lipinski definition) is 0. The van der Waals surface area contributed by atoms with Crippen LogP contribution in [0.4, 0.5) is 0 Å². The minimum atomic E-state index is 0.192. The molecule has 0 amide bonds. The van der Waals surface area contributed by atoms with Crippen LogP contribution in [0.25, 0.3) is 53.1 Å². The van der Waals surface area contributed by atoms with Gasteiger partial charge < -0.3 is 0 Å². The molecule has 0 N–H and O–H groups in total. The van der Waals surface area contributed by atoms with E-state index in [0.717, 1.165) is 23.2 Å². The number of hydrogen-bond acceptors (Lipinski definition) is 3. The molecule has 3 heteroatoms. The minimum absolute atomic E-state index is 0.192. The molecule has 6 rings (SSSR count). The highest BCUT2D eigenvalue weighted by Crippen LogP contribution is 2.44. The van der Waals surface area contributed by atoms with E-state index in [1.165, 1.54) is 41.9 Å². The summed E-state index contributed by atoms with van der Waals surface area (Å²) in [6.45, 7) is 6.91. The molecule has 6 aromatic rings. The smallest absolute Gasteiger partial charge is 0.116 e. The van der Waals surface area contributed by atoms with Crippen molar-refractivity contribution in [3.63, 3.8) is 0 Å². The van der Waals surface area contributed by atoms with Gasteiger partial charge in [-0.3, -0.25) is 0 Å². The molecular formula is C29H24N2S. The Bertz CT molecular complexity index is 1640. The van der Waals surface area contributed by atoms with Crippen molar-refractivity contribution in [1.29, 1.82) is 0 Å². The van der Waals surface area contributed by atoms with Gasteiger partial charge in [-0.05, 0) is 45.0 Å². The molecule has 2 heterocycles. The van der Waals surface area contributed by atoms with Crippen molar-refractivity contribution in [2.24, 2.45) is 5.41 Å². The third kappa shape index (κ3) is 3.16. The second kappa shape index (κ2) is 7.11. The predicted molar refractivity (Wildman–Crippen MR) is 139 cm³/mol. The monoisotopic (exact) mass is 432 g/mol. The lowest BCUT2D eigenvalue weighted by atomic mass is 9.86. The summed E-state index contributed by atoms with van der Waals surface area (Å²) in [5.41, 5.74) is 4.81. The number of nitrogens with zero attached hydrogens (tertiary/aromatic N) is 2. The highest BCUT2D eigenvalue weighted by atomic mass is 32.1. The predicted octanol–water partition coefficient (Wildman–Crippen LogP) is 8.41. The largest absolute Gasteiger partial charge is 0.235 e. The Balaban J connectivity index is 1.70. The molecule has 156 valence electrons. The topological polar surface area (TPSA) is 25.8 Å². The van der Waals surface area contributed by atoms with Crippen LogP contribution in [0.2, 0.25) is 0 Å². The summed E-state index contributed by atoms with van der Waals surface area (Å²) in [4.78, 5) is 9.58. The summed E-state index contributed by atoms with van der Waals surface area (Å²) >= 11 is 1.83. The molecule has 0 aliphatic rings. The van der Waals surface area contributed by atoms with E-state index in [9.17, 15) is 0 Å². The summed E-state index contributed by atoms with van der Waals surface area (Å²) in [5, 5.41) is 6.37. The maximum atomic E-state index is 4.81. The first-order chi connectivity index (χ1) is 15.5. The van der Waals surface area contributed by atoms with Crippen LogP contribution in [-0.2, 0) is 6.42 Å². The molecule has 0 saturated heterocycles. The Labute approximate surface area is 191 Å². The van der Waals surface area contributed by atoms with E-state index in [0.29, 0.717) is 0 Å². The first kappa shape index (κ1) is 19.4. The second-order valence-electron chi connectivity index (χ2n) is 9.76. The van der Waals surface area contributed by atoms with E-state index in [2.05, 4.69) is 93.6 Å². The lowest BCUT2D eigenvalue weighted by Crippen LogP contribution is -2.09. The SMILES string of the molecule is CC(C)(C)Cc1cc2ccccc2c2sc3c(-c4ccc5ccccc5c4)ncnc3c12. The fourth-order valence-electron chi connectivity index (χ4n) is 4.74. The number of benzene rings is 4. The first-order valence-corrected chi connectivity index (χ1v) is 11.9. The van der Waals surface area contributed by atoms with E-state index >= 15 is 0 Å². The van der Waals surface area contributed by atoms with E-state index in [4.69, 9.17) is 9.97 Å². The molecule has 4 aromatic carbocycles. The molecule has 2 aromatic heterocycles. The third-order valence-electron chi connectivity index (χ3n) is 6.07. The van der Waals surface area contributed by atoms with Crippen LogP contribution in [0.1, 0.15) is 26.3 Å². The molecule has 0 radical (unpaired) electrons. The number of rotatable bonds is 2. The molecule has 0 saturated carbocycles. The summed E-state index contributed by atoms with van der Waals surface area (Å²) in [6.07, 6.45) is 2.74. The van der Waals surface area contributed by atoms with Crippen molar-refractivity contribution in [2.45, 2.75) is 27.2 Å². The van der Waals surface area contributed by atoms with Gasteiger partial charge in [-0.25, -0.2) is 9.97 Å². The summed E-state index contributed by atoms with van der Waals surface area (Å²) in [5.74, 6) is 0. The molecular weight excluding hydrogens is 408 g/mol. The summed E-state index contributed by atoms with van der Waals surface area (Å²) < 4.78 is 2.49. The van der Waals surface area contributed by atoms with Crippen LogP contribution in [0, 0.1) is 5.41 Å². The second-order valence-corrected chi connectivity index (χ2v) is 10.8. The van der Waals surface area contributed by atoms with Crippen LogP contribution in [-0.4, -0.2) is 9.97 Å². The van der Waals surface area contributed by atoms with Crippen LogP contribution in [0.15, 0.2) is 79.1 Å². The van der Waals surface area contributed by atoms with Gasteiger partial charge in [-0.1, -0.05) is 87.5 Å². The maximum Gasteiger partial charge on any atom is 0.116 e. The fourth-order valence-corrected chi connectivity index (χ4v) is 6.09. The van der Waals surface area contributed by atoms with Gasteiger partial charge in [0.1, 0.15) is 6.33 Å². The lowest BCUT2D eigenvalue weighted by molar-refractivity contribution is 0.413. The van der Waals surface area contributed by atoms with Gasteiger partial charge in [0.05, 0.1) is 15.9 Å². The van der Waals surface area contributed by atoms with Gasteiger partial charge >= 0.3 is 0 Å². The number of aromatic nitrogens is 2. The first-order valence-electron chi connectivity index (χ1n) is 11.0. The molecule has 0 fully saturated rings. The highest BCUT2D eigenvalue weighted by Gasteiger charge is 2.21. The van der Waals surface area contributed by atoms with E-state index in [-0.39, 0.29) is 5.41 Å². The maximum absolute atomic E-state index is 4.81. The van der Waals surface area contributed by atoms with Crippen LogP contribution in [0.3, 0.4) is 0 Å². The van der Waals surface area contributed by atoms with Crippen LogP contribution in [0.5, 0.6) is 0 Å². The quantitative estimate of drug-likeness (QED) is 0.274. The summed E-state index contributed by atoms with van der Waals surface area (Å²) in [7, 11) is 0. The minimum Gasteiger partial charge on any atom is -0.235 e. The Kier molecular flexibility index (Phi) is 4.31. The molecule has 0 atom stereocenters. The highest BCUT2D eigenvalue weighted by molar-refractivity contribution is 7.27. The average molecular weight is 433 g/mol. The molecule has 0 aliphatic heterocycles. The molecule has 2 nitrogen and oxygen atoms in total. The zero-order valence-electron chi connectivity index (χ0n) is 18.5. The molecule has 0 bridgehead atoms. The number of thiophene rings is 1. The molecule has 0 aliphatic carbocycles. The van der Waals surface area contributed by atoms with Crippen molar-refractivity contribution in [3.05, 3.63) is 84.7 Å². The molecule has 0 unspecified atom stereocenters. The van der Waals surface area contributed by atoms with Crippen LogP contribution >= 0.6 is 11.3 Å². The zero-order valence-corrected chi connectivity index (χ0v) is 19.3. The van der Waals surface area contributed by atoms with Gasteiger partial charge in [0.15, 0.2) is 0 Å². The lowest BCUT2D eigenvalue weighted by Gasteiger charge is -2.19. The summed E-state index contributed by atoms with van der Waals surface area (Å²) in [6, 6.07) is 26.2. The van der Waals surface area contributed by atoms with Gasteiger partial charge in [0, 0.05) is 15.6 Å². The van der Waals surface area contributed by atoms with Crippen molar-refractivity contribution in [3.8, 4) is 11.3 Å². The Morgan fingerprint density at radius 1 is 0.750 bits per heavy atom. The van der Waals surface area contributed by atoms with Gasteiger partial charge in [0.2, 0.25) is 0 Å². The third-order valence-corrected chi connectivity index (χ3v) is 7.29. The zero-order chi connectivity index (χ0) is 21.9. The molecule has 32 heavy (non-hydrogen) atoms. The fraction of sp³-hybridized carbons (Fsp3) is 0.172. The van der Waals surface area contributed by atoms with Crippen molar-refractivity contribution >= 4 is 53.2 Å². The number of fused-ring (bicyclic) bond motifs is 6. The Morgan fingerprint density at radius 3 is 2.31 bits per heavy atom. The van der Waals surface area contributed by atoms with Gasteiger partial charge in [-0.15, -0.1) is 11.3 Å². The van der Waals surface area contributed by atoms with Gasteiger partial charge in [0.25, 0.3) is 0 Å². The average Bonchev–Trinajstić information content (AvgIpc) is 3.18. The van der Waals surface area contributed by atoms with E-state index in [1.807, 2.05) is 11.3 Å². The van der Waals surface area contributed by atoms with Gasteiger partial charge in [-0.2, -0.15) is 0 Å². The van der Waals surface area contributed by atoms with Crippen LogP contribution < -0.4 is 0 Å². The van der Waals surface area contributed by atoms with E-state index in [1.54, 1.807) is 6.33 Å². The van der Waals surface area contributed by atoms with Crippen molar-refractivity contribution in [2.75, 3.05) is 0 Å². The Hall–Kier alpha value is -3.30. The van der Waals surface area contributed by atoms with Crippen molar-refractivity contribution in [1.82, 2.24) is 9.97 Å². The Morgan fingerprint density at radius 2 is 1.50 bits per heavy atom. The standard InChI is InChI=1S/C29H24N2S/c1-29(2,3)16-22-15-20-10-6-7-11-23(20)27-24(22)26-28(32-27)25(30-17-31-26)21-13-12-18-8-4-5-9-19(18)14-21/h4-15,17H,16H2,1-3H3. The normalized spacial score (nSPS) is 12.3.